The molecule has 0 aromatic heterocycles. The molecule has 4 nitrogen and oxygen atoms in total. The zero-order chi connectivity index (χ0) is 13.7. The molecule has 2 atom stereocenters. The van der Waals surface area contributed by atoms with Crippen molar-refractivity contribution >= 4 is 11.9 Å². The number of hydrogen-bond donors (Lipinski definition) is 0. The van der Waals surface area contributed by atoms with Crippen LogP contribution in [-0.2, 0) is 19.1 Å². The van der Waals surface area contributed by atoms with Crippen LogP contribution in [0.4, 0.5) is 0 Å². The Kier molecular flexibility index (Phi) is 5.13. The predicted octanol–water partition coefficient (Wildman–Crippen LogP) is 2.54. The van der Waals surface area contributed by atoms with Crippen LogP contribution in [0.25, 0.3) is 0 Å². The molecule has 1 rings (SSSR count). The van der Waals surface area contributed by atoms with Crippen molar-refractivity contribution in [2.75, 3.05) is 0 Å². The molecule has 0 aromatic rings. The lowest BCUT2D eigenvalue weighted by Gasteiger charge is -2.30. The van der Waals surface area contributed by atoms with Crippen molar-refractivity contribution in [3.8, 4) is 0 Å². The molecule has 0 bridgehead atoms. The van der Waals surface area contributed by atoms with Gasteiger partial charge in [-0.05, 0) is 39.5 Å². The molecule has 4 heteroatoms. The lowest BCUT2D eigenvalue weighted by atomic mass is 9.94. The highest BCUT2D eigenvalue weighted by Crippen LogP contribution is 2.25. The first kappa shape index (κ1) is 14.5. The summed E-state index contributed by atoms with van der Waals surface area (Å²) in [4.78, 5) is 23.0. The minimum atomic E-state index is -0.432. The van der Waals surface area contributed by atoms with Crippen LogP contribution < -0.4 is 0 Å². The Balaban J connectivity index is 2.62. The standard InChI is InChI=1S/C14H20O4/c1-9(2)13(15)17-11-7-5-6-8-12(11)18-14(16)10(3)4/h11-12H,1,3,5-8H2,2,4H3/t11-,12-/m1/s1. The van der Waals surface area contributed by atoms with Crippen molar-refractivity contribution in [2.45, 2.75) is 51.7 Å². The molecule has 0 heterocycles. The van der Waals surface area contributed by atoms with Gasteiger partial charge in [-0.1, -0.05) is 13.2 Å². The van der Waals surface area contributed by atoms with Crippen molar-refractivity contribution in [3.63, 3.8) is 0 Å². The van der Waals surface area contributed by atoms with E-state index in [0.717, 1.165) is 12.8 Å². The Bertz CT molecular complexity index is 334. The van der Waals surface area contributed by atoms with E-state index < -0.39 is 11.9 Å². The van der Waals surface area contributed by atoms with Gasteiger partial charge in [0.05, 0.1) is 0 Å². The van der Waals surface area contributed by atoms with E-state index in [-0.39, 0.29) is 12.2 Å². The van der Waals surface area contributed by atoms with E-state index in [1.165, 1.54) is 0 Å². The first-order valence-corrected chi connectivity index (χ1v) is 6.14. The van der Waals surface area contributed by atoms with Crippen molar-refractivity contribution in [1.29, 1.82) is 0 Å². The molecule has 1 fully saturated rings. The fourth-order valence-corrected chi connectivity index (χ4v) is 1.81. The number of carbonyl (C=O) groups is 2. The summed E-state index contributed by atoms with van der Waals surface area (Å²) < 4.78 is 10.6. The minimum absolute atomic E-state index is 0.352. The third kappa shape index (κ3) is 4.02. The second-order valence-corrected chi connectivity index (χ2v) is 4.73. The highest BCUT2D eigenvalue weighted by molar-refractivity contribution is 5.88. The van der Waals surface area contributed by atoms with Crippen LogP contribution in [0.5, 0.6) is 0 Å². The normalized spacial score (nSPS) is 23.0. The molecule has 0 radical (unpaired) electrons. The molecule has 0 spiro atoms. The molecule has 0 amide bonds. The molecule has 0 saturated heterocycles. The van der Waals surface area contributed by atoms with Crippen molar-refractivity contribution in [2.24, 2.45) is 0 Å². The van der Waals surface area contributed by atoms with Crippen LogP contribution in [0.15, 0.2) is 24.3 Å². The maximum atomic E-state index is 11.5. The van der Waals surface area contributed by atoms with Gasteiger partial charge in [0.15, 0.2) is 0 Å². The van der Waals surface area contributed by atoms with Gasteiger partial charge in [0.2, 0.25) is 0 Å². The fourth-order valence-electron chi connectivity index (χ4n) is 1.81. The van der Waals surface area contributed by atoms with Crippen LogP contribution in [-0.4, -0.2) is 24.1 Å². The maximum absolute atomic E-state index is 11.5. The Labute approximate surface area is 108 Å². The first-order chi connectivity index (χ1) is 8.41. The van der Waals surface area contributed by atoms with E-state index in [0.29, 0.717) is 24.0 Å². The minimum Gasteiger partial charge on any atom is -0.455 e. The summed E-state index contributed by atoms with van der Waals surface area (Å²) in [6.45, 7) is 10.3. The lowest BCUT2D eigenvalue weighted by molar-refractivity contribution is -0.166. The Morgan fingerprint density at radius 1 is 0.889 bits per heavy atom. The van der Waals surface area contributed by atoms with E-state index in [4.69, 9.17) is 9.47 Å². The summed E-state index contributed by atoms with van der Waals surface area (Å²) in [5.74, 6) is -0.864. The zero-order valence-corrected chi connectivity index (χ0v) is 11.0. The van der Waals surface area contributed by atoms with Gasteiger partial charge < -0.3 is 9.47 Å². The SMILES string of the molecule is C=C(C)C(=O)O[C@@H]1CCCC[C@H]1OC(=O)C(=C)C. The average molecular weight is 252 g/mol. The van der Waals surface area contributed by atoms with Crippen LogP contribution in [0.2, 0.25) is 0 Å². The van der Waals surface area contributed by atoms with Gasteiger partial charge in [-0.15, -0.1) is 0 Å². The molecule has 18 heavy (non-hydrogen) atoms. The van der Waals surface area contributed by atoms with Crippen molar-refractivity contribution in [1.82, 2.24) is 0 Å². The van der Waals surface area contributed by atoms with Crippen LogP contribution in [0, 0.1) is 0 Å². The summed E-state index contributed by atoms with van der Waals surface area (Å²) in [7, 11) is 0. The Morgan fingerprint density at radius 3 is 1.50 bits per heavy atom. The second kappa shape index (κ2) is 6.38. The summed E-state index contributed by atoms with van der Waals surface area (Å²) in [5, 5.41) is 0. The van der Waals surface area contributed by atoms with Gasteiger partial charge in [0, 0.05) is 11.1 Å². The van der Waals surface area contributed by atoms with E-state index in [9.17, 15) is 9.59 Å². The molecule has 0 unspecified atom stereocenters. The maximum Gasteiger partial charge on any atom is 0.333 e. The molecule has 1 saturated carbocycles. The van der Waals surface area contributed by atoms with Gasteiger partial charge in [-0.2, -0.15) is 0 Å². The topological polar surface area (TPSA) is 52.6 Å². The van der Waals surface area contributed by atoms with Gasteiger partial charge in [-0.25, -0.2) is 9.59 Å². The largest absolute Gasteiger partial charge is 0.455 e. The van der Waals surface area contributed by atoms with Crippen LogP contribution in [0.3, 0.4) is 0 Å². The number of carbonyl (C=O) groups excluding carboxylic acids is 2. The number of esters is 2. The fraction of sp³-hybridized carbons (Fsp3) is 0.571. The second-order valence-electron chi connectivity index (χ2n) is 4.73. The van der Waals surface area contributed by atoms with Gasteiger partial charge in [0.25, 0.3) is 0 Å². The Hall–Kier alpha value is -1.58. The lowest BCUT2D eigenvalue weighted by Crippen LogP contribution is -2.38. The van der Waals surface area contributed by atoms with Crippen LogP contribution >= 0.6 is 0 Å². The third-order valence-electron chi connectivity index (χ3n) is 2.86. The van der Waals surface area contributed by atoms with E-state index in [2.05, 4.69) is 13.2 Å². The van der Waals surface area contributed by atoms with Crippen LogP contribution in [0.1, 0.15) is 39.5 Å². The van der Waals surface area contributed by atoms with Gasteiger partial charge in [0.1, 0.15) is 12.2 Å². The molecule has 0 aliphatic heterocycles. The molecular formula is C14H20O4. The Morgan fingerprint density at radius 2 is 1.22 bits per heavy atom. The average Bonchev–Trinajstić information content (AvgIpc) is 2.31. The van der Waals surface area contributed by atoms with E-state index >= 15 is 0 Å². The molecule has 0 aromatic carbocycles. The predicted molar refractivity (Wildman–Crippen MR) is 67.9 cm³/mol. The highest BCUT2D eigenvalue weighted by Gasteiger charge is 2.31. The molecule has 1 aliphatic carbocycles. The first-order valence-electron chi connectivity index (χ1n) is 6.14. The molecule has 0 N–H and O–H groups in total. The van der Waals surface area contributed by atoms with Gasteiger partial charge in [-0.3, -0.25) is 0 Å². The summed E-state index contributed by atoms with van der Waals surface area (Å²) in [6, 6.07) is 0. The number of ether oxygens (including phenoxy) is 2. The zero-order valence-electron chi connectivity index (χ0n) is 11.0. The molecule has 100 valence electrons. The van der Waals surface area contributed by atoms with E-state index in [1.54, 1.807) is 13.8 Å². The molecule has 1 aliphatic rings. The quantitative estimate of drug-likeness (QED) is 0.570. The van der Waals surface area contributed by atoms with Gasteiger partial charge >= 0.3 is 11.9 Å². The number of rotatable bonds is 4. The monoisotopic (exact) mass is 252 g/mol. The summed E-state index contributed by atoms with van der Waals surface area (Å²) in [5.41, 5.74) is 0.705. The third-order valence-corrected chi connectivity index (χ3v) is 2.86. The molecular weight excluding hydrogens is 232 g/mol. The smallest absolute Gasteiger partial charge is 0.333 e. The highest BCUT2D eigenvalue weighted by atomic mass is 16.6. The van der Waals surface area contributed by atoms with Crippen molar-refractivity contribution < 1.29 is 19.1 Å². The summed E-state index contributed by atoms with van der Waals surface area (Å²) >= 11 is 0. The van der Waals surface area contributed by atoms with Crippen molar-refractivity contribution in [3.05, 3.63) is 24.3 Å². The number of hydrogen-bond acceptors (Lipinski definition) is 4. The summed E-state index contributed by atoms with van der Waals surface area (Å²) in [6.07, 6.45) is 2.63. The van der Waals surface area contributed by atoms with E-state index in [1.807, 2.05) is 0 Å².